The molecular weight excluding hydrogens is 469 g/mol. The van der Waals surface area contributed by atoms with Crippen LogP contribution in [0.15, 0.2) is 4.99 Å². The van der Waals surface area contributed by atoms with Gasteiger partial charge in [-0.25, -0.2) is 0 Å². The first kappa shape index (κ1) is 25.4. The second-order valence-electron chi connectivity index (χ2n) is 8.04. The summed E-state index contributed by atoms with van der Waals surface area (Å²) in [7, 11) is 1.78. The summed E-state index contributed by atoms with van der Waals surface area (Å²) in [6.45, 7) is 10.3. The van der Waals surface area contributed by atoms with Crippen LogP contribution in [0.2, 0.25) is 0 Å². The molecule has 1 saturated heterocycles. The van der Waals surface area contributed by atoms with Gasteiger partial charge in [0.15, 0.2) is 5.96 Å². The molecule has 7 nitrogen and oxygen atoms in total. The first-order valence-corrected chi connectivity index (χ1v) is 10.6. The number of hydrogen-bond acceptors (Lipinski definition) is 4. The molecule has 1 heterocycles. The van der Waals surface area contributed by atoms with Crippen LogP contribution >= 0.6 is 24.0 Å². The van der Waals surface area contributed by atoms with Crippen molar-refractivity contribution in [2.45, 2.75) is 52.0 Å². The van der Waals surface area contributed by atoms with Gasteiger partial charge in [0.05, 0.1) is 13.2 Å². The number of aliphatic imine (C=N–C) groups is 1. The van der Waals surface area contributed by atoms with E-state index < -0.39 is 0 Å². The highest BCUT2D eigenvalue weighted by molar-refractivity contribution is 14.0. The Kier molecular flexibility index (Phi) is 13.1. The van der Waals surface area contributed by atoms with Crippen molar-refractivity contribution in [3.63, 3.8) is 0 Å². The van der Waals surface area contributed by atoms with Crippen molar-refractivity contribution in [2.75, 3.05) is 53.0 Å². The van der Waals surface area contributed by atoms with Crippen LogP contribution < -0.4 is 16.0 Å². The molecule has 1 atom stereocenters. The Hall–Kier alpha value is -0.610. The maximum absolute atomic E-state index is 12.0. The third kappa shape index (κ3) is 9.26. The highest BCUT2D eigenvalue weighted by Gasteiger charge is 2.24. The fraction of sp³-hybridized carbons (Fsp3) is 0.900. The predicted octanol–water partition coefficient (Wildman–Crippen LogP) is 1.82. The van der Waals surface area contributed by atoms with Crippen molar-refractivity contribution in [1.29, 1.82) is 0 Å². The van der Waals surface area contributed by atoms with Gasteiger partial charge in [-0.1, -0.05) is 26.7 Å². The molecule has 2 aliphatic rings. The van der Waals surface area contributed by atoms with E-state index in [1.165, 1.54) is 25.7 Å². The summed E-state index contributed by atoms with van der Waals surface area (Å²) in [6.07, 6.45) is 5.67. The van der Waals surface area contributed by atoms with Gasteiger partial charge < -0.3 is 20.7 Å². The number of halogens is 1. The van der Waals surface area contributed by atoms with Gasteiger partial charge in [0.25, 0.3) is 0 Å². The molecule has 8 heteroatoms. The van der Waals surface area contributed by atoms with Crippen LogP contribution in [0.25, 0.3) is 0 Å². The first-order chi connectivity index (χ1) is 13.1. The molecule has 0 radical (unpaired) electrons. The summed E-state index contributed by atoms with van der Waals surface area (Å²) in [5.74, 6) is 2.13. The third-order valence-electron chi connectivity index (χ3n) is 5.67. The Balaban J connectivity index is 0.00000392. The van der Waals surface area contributed by atoms with Crippen LogP contribution in [0.4, 0.5) is 0 Å². The van der Waals surface area contributed by atoms with E-state index in [-0.39, 0.29) is 29.9 Å². The van der Waals surface area contributed by atoms with Crippen molar-refractivity contribution in [2.24, 2.45) is 16.8 Å². The zero-order chi connectivity index (χ0) is 19.5. The van der Waals surface area contributed by atoms with Gasteiger partial charge in [-0.3, -0.25) is 14.7 Å². The summed E-state index contributed by atoms with van der Waals surface area (Å²) >= 11 is 0. The predicted molar refractivity (Wildman–Crippen MR) is 125 cm³/mol. The van der Waals surface area contributed by atoms with Gasteiger partial charge in [0, 0.05) is 52.2 Å². The van der Waals surface area contributed by atoms with E-state index >= 15 is 0 Å². The van der Waals surface area contributed by atoms with E-state index in [1.807, 2.05) is 0 Å². The summed E-state index contributed by atoms with van der Waals surface area (Å²) in [4.78, 5) is 18.8. The third-order valence-corrected chi connectivity index (χ3v) is 5.67. The van der Waals surface area contributed by atoms with Gasteiger partial charge in [-0.15, -0.1) is 24.0 Å². The van der Waals surface area contributed by atoms with Crippen LogP contribution in [-0.4, -0.2) is 75.8 Å². The number of nitrogens with zero attached hydrogens (tertiary/aromatic N) is 2. The zero-order valence-electron chi connectivity index (χ0n) is 17.8. The molecule has 0 spiro atoms. The highest BCUT2D eigenvalue weighted by atomic mass is 127. The molecule has 2 fully saturated rings. The number of amides is 1. The molecule has 3 N–H and O–H groups in total. The second kappa shape index (κ2) is 14.4. The molecule has 1 amide bonds. The smallest absolute Gasteiger partial charge is 0.220 e. The summed E-state index contributed by atoms with van der Waals surface area (Å²) in [5.41, 5.74) is 0. The van der Waals surface area contributed by atoms with Gasteiger partial charge in [0.1, 0.15) is 0 Å². The second-order valence-corrected chi connectivity index (χ2v) is 8.04. The molecule has 0 aromatic carbocycles. The first-order valence-electron chi connectivity index (χ1n) is 10.6. The van der Waals surface area contributed by atoms with Crippen molar-refractivity contribution in [1.82, 2.24) is 20.9 Å². The Morgan fingerprint density at radius 2 is 1.75 bits per heavy atom. The Labute approximate surface area is 187 Å². The number of nitrogens with one attached hydrogen (secondary N) is 3. The minimum atomic E-state index is 0. The fourth-order valence-corrected chi connectivity index (χ4v) is 4.05. The lowest BCUT2D eigenvalue weighted by Crippen LogP contribution is -2.53. The van der Waals surface area contributed by atoms with Crippen LogP contribution in [0, 0.1) is 11.8 Å². The van der Waals surface area contributed by atoms with E-state index in [1.54, 1.807) is 7.05 Å². The minimum absolute atomic E-state index is 0. The summed E-state index contributed by atoms with van der Waals surface area (Å²) in [6, 6.07) is 0.457. The van der Waals surface area contributed by atoms with Crippen LogP contribution in [-0.2, 0) is 9.53 Å². The average Bonchev–Trinajstić information content (AvgIpc) is 3.17. The average molecular weight is 509 g/mol. The molecule has 0 bridgehead atoms. The fourth-order valence-electron chi connectivity index (χ4n) is 4.05. The molecule has 28 heavy (non-hydrogen) atoms. The Morgan fingerprint density at radius 3 is 2.36 bits per heavy atom. The summed E-state index contributed by atoms with van der Waals surface area (Å²) in [5, 5.41) is 9.75. The normalized spacial score (nSPS) is 19.9. The largest absolute Gasteiger partial charge is 0.379 e. The number of morpholine rings is 1. The highest BCUT2D eigenvalue weighted by Crippen LogP contribution is 2.27. The van der Waals surface area contributed by atoms with E-state index in [0.29, 0.717) is 37.4 Å². The van der Waals surface area contributed by atoms with Crippen molar-refractivity contribution >= 4 is 35.8 Å². The number of guanidine groups is 1. The SMILES string of the molecule is CN=C(NCCNC(=O)CC1CCCC1)NCC(C(C)C)N1CCOCC1.I. The lowest BCUT2D eigenvalue weighted by atomic mass is 10.0. The van der Waals surface area contributed by atoms with Crippen LogP contribution in [0.3, 0.4) is 0 Å². The maximum atomic E-state index is 12.0. The molecule has 1 saturated carbocycles. The van der Waals surface area contributed by atoms with E-state index in [2.05, 4.69) is 39.7 Å². The molecule has 0 aromatic heterocycles. The van der Waals surface area contributed by atoms with Crippen molar-refractivity contribution in [3.8, 4) is 0 Å². The molecule has 0 aromatic rings. The summed E-state index contributed by atoms with van der Waals surface area (Å²) < 4.78 is 5.47. The molecule has 1 unspecified atom stereocenters. The zero-order valence-corrected chi connectivity index (χ0v) is 20.2. The molecule has 2 rings (SSSR count). The number of carbonyl (C=O) groups excluding carboxylic acids is 1. The number of ether oxygens (including phenoxy) is 1. The van der Waals surface area contributed by atoms with Crippen LogP contribution in [0.5, 0.6) is 0 Å². The lowest BCUT2D eigenvalue weighted by Gasteiger charge is -2.37. The Bertz CT molecular complexity index is 464. The monoisotopic (exact) mass is 509 g/mol. The van der Waals surface area contributed by atoms with Crippen molar-refractivity contribution < 1.29 is 9.53 Å². The van der Waals surface area contributed by atoms with Gasteiger partial charge in [-0.2, -0.15) is 0 Å². The van der Waals surface area contributed by atoms with Crippen LogP contribution in [0.1, 0.15) is 46.0 Å². The Morgan fingerprint density at radius 1 is 1.11 bits per heavy atom. The molecular formula is C20H40IN5O2. The standard InChI is InChI=1S/C20H39N5O2.HI/c1-16(2)18(25-10-12-27-13-11-25)15-24-20(21-3)23-9-8-22-19(26)14-17-6-4-5-7-17;/h16-18H,4-15H2,1-3H3,(H,22,26)(H2,21,23,24);1H. The van der Waals surface area contributed by atoms with Crippen molar-refractivity contribution in [3.05, 3.63) is 0 Å². The number of carbonyl (C=O) groups is 1. The number of rotatable bonds is 9. The van der Waals surface area contributed by atoms with Gasteiger partial charge in [0.2, 0.25) is 5.91 Å². The van der Waals surface area contributed by atoms with Gasteiger partial charge >= 0.3 is 0 Å². The minimum Gasteiger partial charge on any atom is -0.379 e. The van der Waals surface area contributed by atoms with Gasteiger partial charge in [-0.05, 0) is 24.7 Å². The van der Waals surface area contributed by atoms with E-state index in [4.69, 9.17) is 4.74 Å². The molecule has 1 aliphatic heterocycles. The molecule has 1 aliphatic carbocycles. The van der Waals surface area contributed by atoms with E-state index in [0.717, 1.165) is 38.8 Å². The topological polar surface area (TPSA) is 78.0 Å². The quantitative estimate of drug-likeness (QED) is 0.191. The maximum Gasteiger partial charge on any atom is 0.220 e. The number of hydrogen-bond donors (Lipinski definition) is 3. The van der Waals surface area contributed by atoms with E-state index in [9.17, 15) is 4.79 Å². The lowest BCUT2D eigenvalue weighted by molar-refractivity contribution is -0.121. The molecule has 164 valence electrons.